The van der Waals surface area contributed by atoms with Gasteiger partial charge in [0.05, 0.1) is 12.2 Å². The van der Waals surface area contributed by atoms with Crippen molar-refractivity contribution < 1.29 is 4.84 Å². The number of nitrogens with zero attached hydrogens (tertiary/aromatic N) is 1. The summed E-state index contributed by atoms with van der Waals surface area (Å²) in [4.78, 5) is 5.59. The Labute approximate surface area is 92.8 Å². The lowest BCUT2D eigenvalue weighted by molar-refractivity contribution is -0.0348. The summed E-state index contributed by atoms with van der Waals surface area (Å²) >= 11 is 0. The highest BCUT2D eigenvalue weighted by Gasteiger charge is 2.19. The lowest BCUT2D eigenvalue weighted by atomic mass is 9.88. The van der Waals surface area contributed by atoms with Crippen LogP contribution < -0.4 is 5.48 Å². The van der Waals surface area contributed by atoms with Crippen LogP contribution >= 0.6 is 0 Å². The molecule has 0 unspecified atom stereocenters. The second-order valence-corrected chi connectivity index (χ2v) is 5.17. The molecule has 0 spiro atoms. The van der Waals surface area contributed by atoms with Gasteiger partial charge in [0.25, 0.3) is 0 Å². The van der Waals surface area contributed by atoms with Gasteiger partial charge in [-0.15, -0.1) is 0 Å². The Morgan fingerprint density at radius 2 is 2.07 bits per heavy atom. The van der Waals surface area contributed by atoms with Crippen molar-refractivity contribution in [3.63, 3.8) is 0 Å². The number of rotatable bonds is 6. The molecular formula is C12H22N2O. The van der Waals surface area contributed by atoms with E-state index in [2.05, 4.69) is 25.4 Å². The quantitative estimate of drug-likeness (QED) is 0.686. The van der Waals surface area contributed by atoms with Gasteiger partial charge < -0.3 is 0 Å². The average molecular weight is 210 g/mol. The van der Waals surface area contributed by atoms with E-state index >= 15 is 0 Å². The molecule has 3 nitrogen and oxygen atoms in total. The number of nitrogens with one attached hydrogen (secondary N) is 1. The predicted octanol–water partition coefficient (Wildman–Crippen LogP) is 2.78. The summed E-state index contributed by atoms with van der Waals surface area (Å²) in [6.07, 6.45) is 6.92. The van der Waals surface area contributed by atoms with Crippen molar-refractivity contribution in [2.45, 2.75) is 58.5 Å². The fourth-order valence-corrected chi connectivity index (χ4v) is 1.84. The predicted molar refractivity (Wildman–Crippen MR) is 60.0 cm³/mol. The van der Waals surface area contributed by atoms with Gasteiger partial charge in [0.15, 0.2) is 0 Å². The van der Waals surface area contributed by atoms with E-state index in [0.717, 1.165) is 13.0 Å². The summed E-state index contributed by atoms with van der Waals surface area (Å²) in [6, 6.07) is 2.19. The minimum Gasteiger partial charge on any atom is -0.298 e. The van der Waals surface area contributed by atoms with Crippen LogP contribution in [0.15, 0.2) is 0 Å². The van der Waals surface area contributed by atoms with Gasteiger partial charge in [-0.3, -0.25) is 4.84 Å². The molecule has 0 saturated heterocycles. The van der Waals surface area contributed by atoms with Gasteiger partial charge in [-0.05, 0) is 24.7 Å². The largest absolute Gasteiger partial charge is 0.298 e. The molecule has 15 heavy (non-hydrogen) atoms. The third-order valence-electron chi connectivity index (χ3n) is 3.02. The van der Waals surface area contributed by atoms with Crippen molar-refractivity contribution in [1.29, 1.82) is 5.26 Å². The van der Waals surface area contributed by atoms with Crippen molar-refractivity contribution >= 4 is 0 Å². The molecule has 86 valence electrons. The molecule has 1 fully saturated rings. The monoisotopic (exact) mass is 210 g/mol. The van der Waals surface area contributed by atoms with Crippen LogP contribution in [-0.4, -0.2) is 12.6 Å². The molecule has 0 aromatic heterocycles. The molecule has 0 aliphatic heterocycles. The van der Waals surface area contributed by atoms with E-state index in [-0.39, 0.29) is 5.41 Å². The fourth-order valence-electron chi connectivity index (χ4n) is 1.84. The molecule has 0 radical (unpaired) electrons. The van der Waals surface area contributed by atoms with E-state index in [9.17, 15) is 0 Å². The second kappa shape index (κ2) is 6.09. The van der Waals surface area contributed by atoms with Gasteiger partial charge in [-0.1, -0.05) is 26.7 Å². The van der Waals surface area contributed by atoms with E-state index in [0.29, 0.717) is 12.5 Å². The minimum atomic E-state index is 0.147. The molecule has 1 aliphatic rings. The average Bonchev–Trinajstić information content (AvgIpc) is 2.67. The normalized spacial score (nSPS) is 17.9. The summed E-state index contributed by atoms with van der Waals surface area (Å²) in [7, 11) is 0. The van der Waals surface area contributed by atoms with E-state index in [1.165, 1.54) is 25.7 Å². The summed E-state index contributed by atoms with van der Waals surface area (Å²) in [5, 5.41) is 8.53. The topological polar surface area (TPSA) is 45.0 Å². The molecule has 3 heteroatoms. The number of nitriles is 1. The smallest absolute Gasteiger partial charge is 0.0790 e. The van der Waals surface area contributed by atoms with Crippen LogP contribution in [0.1, 0.15) is 52.4 Å². The Kier molecular flexibility index (Phi) is 5.07. The summed E-state index contributed by atoms with van der Waals surface area (Å²) < 4.78 is 0. The van der Waals surface area contributed by atoms with Crippen LogP contribution in [0.4, 0.5) is 0 Å². The van der Waals surface area contributed by atoms with Crippen molar-refractivity contribution in [1.82, 2.24) is 5.48 Å². The summed E-state index contributed by atoms with van der Waals surface area (Å²) in [5.74, 6) is 0. The minimum absolute atomic E-state index is 0.147. The maximum atomic E-state index is 8.53. The highest BCUT2D eigenvalue weighted by molar-refractivity contribution is 4.78. The van der Waals surface area contributed by atoms with Gasteiger partial charge in [-0.2, -0.15) is 5.26 Å². The lowest BCUT2D eigenvalue weighted by Gasteiger charge is -2.24. The standard InChI is InChI=1S/C12H22N2O/c1-12(2,8-5-9-13)10-14-15-11-6-3-4-7-11/h11,14H,3-8,10H2,1-2H3. The van der Waals surface area contributed by atoms with Crippen LogP contribution in [0, 0.1) is 16.7 Å². The first-order chi connectivity index (χ1) is 7.14. The molecule has 0 atom stereocenters. The lowest BCUT2D eigenvalue weighted by Crippen LogP contribution is -2.32. The van der Waals surface area contributed by atoms with Gasteiger partial charge in [-0.25, -0.2) is 5.48 Å². The maximum Gasteiger partial charge on any atom is 0.0790 e. The number of hydroxylamine groups is 1. The Morgan fingerprint density at radius 3 is 2.67 bits per heavy atom. The van der Waals surface area contributed by atoms with Crippen molar-refractivity contribution in [3.05, 3.63) is 0 Å². The Morgan fingerprint density at radius 1 is 1.40 bits per heavy atom. The SMILES string of the molecule is CC(C)(CCC#N)CNOC1CCCC1. The molecule has 1 rings (SSSR count). The Bertz CT molecular complexity index is 214. The first-order valence-corrected chi connectivity index (χ1v) is 5.89. The van der Waals surface area contributed by atoms with Crippen LogP contribution in [0.2, 0.25) is 0 Å². The van der Waals surface area contributed by atoms with Crippen LogP contribution in [0.3, 0.4) is 0 Å². The fraction of sp³-hybridized carbons (Fsp3) is 0.917. The van der Waals surface area contributed by atoms with Gasteiger partial charge in [0, 0.05) is 13.0 Å². The van der Waals surface area contributed by atoms with Gasteiger partial charge in [0.1, 0.15) is 0 Å². The van der Waals surface area contributed by atoms with Gasteiger partial charge in [0.2, 0.25) is 0 Å². The highest BCUT2D eigenvalue weighted by atomic mass is 16.7. The van der Waals surface area contributed by atoms with E-state index < -0.39 is 0 Å². The Hall–Kier alpha value is -0.590. The van der Waals surface area contributed by atoms with Crippen molar-refractivity contribution in [2.24, 2.45) is 5.41 Å². The summed E-state index contributed by atoms with van der Waals surface area (Å²) in [6.45, 7) is 5.15. The van der Waals surface area contributed by atoms with E-state index in [4.69, 9.17) is 10.1 Å². The zero-order chi connectivity index (χ0) is 11.1. The molecule has 1 N–H and O–H groups in total. The molecule has 0 amide bonds. The zero-order valence-corrected chi connectivity index (χ0v) is 9.88. The van der Waals surface area contributed by atoms with Crippen molar-refractivity contribution in [2.75, 3.05) is 6.54 Å². The maximum absolute atomic E-state index is 8.53. The van der Waals surface area contributed by atoms with Crippen molar-refractivity contribution in [3.8, 4) is 6.07 Å². The van der Waals surface area contributed by atoms with E-state index in [1.54, 1.807) is 0 Å². The molecule has 0 aromatic carbocycles. The Balaban J connectivity index is 2.09. The summed E-state index contributed by atoms with van der Waals surface area (Å²) in [5.41, 5.74) is 3.21. The molecule has 0 aromatic rings. The first kappa shape index (κ1) is 12.5. The number of hydrogen-bond acceptors (Lipinski definition) is 3. The van der Waals surface area contributed by atoms with Crippen LogP contribution in [0.25, 0.3) is 0 Å². The number of hydrogen-bond donors (Lipinski definition) is 1. The zero-order valence-electron chi connectivity index (χ0n) is 9.88. The third kappa shape index (κ3) is 5.15. The van der Waals surface area contributed by atoms with Gasteiger partial charge >= 0.3 is 0 Å². The van der Waals surface area contributed by atoms with Crippen LogP contribution in [0.5, 0.6) is 0 Å². The van der Waals surface area contributed by atoms with E-state index in [1.807, 2.05) is 0 Å². The first-order valence-electron chi connectivity index (χ1n) is 5.89. The molecular weight excluding hydrogens is 188 g/mol. The third-order valence-corrected chi connectivity index (χ3v) is 3.02. The second-order valence-electron chi connectivity index (χ2n) is 5.17. The molecule has 0 heterocycles. The van der Waals surface area contributed by atoms with Crippen LogP contribution in [-0.2, 0) is 4.84 Å². The molecule has 0 bridgehead atoms. The molecule has 1 saturated carbocycles. The molecule has 1 aliphatic carbocycles. The highest BCUT2D eigenvalue weighted by Crippen LogP contribution is 2.22.